The van der Waals surface area contributed by atoms with E-state index in [2.05, 4.69) is 0 Å². The van der Waals surface area contributed by atoms with Crippen LogP contribution >= 0.6 is 0 Å². The van der Waals surface area contributed by atoms with Crippen LogP contribution in [0.2, 0.25) is 0 Å². The predicted octanol–water partition coefficient (Wildman–Crippen LogP) is 6.88. The topological polar surface area (TPSA) is 63.7 Å². The molecule has 0 spiro atoms. The number of carbonyl (C=O) groups is 3. The van der Waals surface area contributed by atoms with Crippen LogP contribution in [0.3, 0.4) is 0 Å². The molecule has 5 aromatic carbocycles. The zero-order chi connectivity index (χ0) is 30.8. The van der Waals surface area contributed by atoms with Gasteiger partial charge in [-0.05, 0) is 57.7 Å². The van der Waals surface area contributed by atoms with E-state index in [0.717, 1.165) is 22.3 Å². The standard InChI is InChI=1S/C40H29NO4/c1-45-31-24-22-30(23-25-31)41-36(42)34-35(37(41)43)40(29-20-12-5-13-21-29)33(27-16-8-3-9-17-27)32(26-14-6-2-7-15-26)39(34,38(40)44)28-18-10-4-11-19-28/h2-25,34-35H,1H3/t34-,35-,39+,40+/m1/s1. The van der Waals surface area contributed by atoms with Gasteiger partial charge in [0.2, 0.25) is 11.8 Å². The van der Waals surface area contributed by atoms with E-state index in [4.69, 9.17) is 4.74 Å². The van der Waals surface area contributed by atoms with Crippen LogP contribution in [-0.4, -0.2) is 24.7 Å². The lowest BCUT2D eigenvalue weighted by Crippen LogP contribution is -2.45. The number of allylic oxidation sites excluding steroid dienone is 2. The second kappa shape index (κ2) is 10.00. The van der Waals surface area contributed by atoms with Crippen molar-refractivity contribution < 1.29 is 19.1 Å². The first kappa shape index (κ1) is 27.0. The summed E-state index contributed by atoms with van der Waals surface area (Å²) in [4.78, 5) is 47.0. The molecule has 2 bridgehead atoms. The fourth-order valence-electron chi connectivity index (χ4n) is 8.32. The van der Waals surface area contributed by atoms with E-state index in [1.165, 1.54) is 4.90 Å². The second-order valence-electron chi connectivity index (χ2n) is 11.8. The van der Waals surface area contributed by atoms with Gasteiger partial charge in [0.25, 0.3) is 0 Å². The van der Waals surface area contributed by atoms with E-state index in [0.29, 0.717) is 22.6 Å². The van der Waals surface area contributed by atoms with Gasteiger partial charge >= 0.3 is 0 Å². The molecule has 2 amide bonds. The minimum atomic E-state index is -1.41. The SMILES string of the molecule is COc1ccc(N2C(=O)[C@H]3[C@H](C2=O)[C@@]2(c4ccccc4)C(=O)[C@@]3(c3ccccc3)C(c3ccccc3)=C2c2ccccc2)cc1. The van der Waals surface area contributed by atoms with Gasteiger partial charge in [0.15, 0.2) is 5.78 Å². The Hall–Kier alpha value is -5.55. The van der Waals surface area contributed by atoms with Gasteiger partial charge in [0.05, 0.1) is 35.5 Å². The van der Waals surface area contributed by atoms with Crippen LogP contribution in [0.25, 0.3) is 11.1 Å². The number of fused-ring (bicyclic) bond motifs is 5. The number of hydrogen-bond donors (Lipinski definition) is 0. The summed E-state index contributed by atoms with van der Waals surface area (Å²) in [6, 6.07) is 45.8. The van der Waals surface area contributed by atoms with E-state index >= 15 is 4.79 Å². The summed E-state index contributed by atoms with van der Waals surface area (Å²) in [5, 5.41) is 0. The average molecular weight is 588 g/mol. The molecule has 3 aliphatic rings. The third-order valence-electron chi connectivity index (χ3n) is 9.91. The van der Waals surface area contributed by atoms with Crippen LogP contribution in [0.4, 0.5) is 5.69 Å². The Kier molecular flexibility index (Phi) is 6.00. The first-order chi connectivity index (χ1) is 22.1. The molecular weight excluding hydrogens is 558 g/mol. The number of benzene rings is 5. The van der Waals surface area contributed by atoms with Crippen LogP contribution in [0.1, 0.15) is 22.3 Å². The van der Waals surface area contributed by atoms with E-state index in [-0.39, 0.29) is 17.6 Å². The molecule has 5 nitrogen and oxygen atoms in total. The molecule has 45 heavy (non-hydrogen) atoms. The van der Waals surface area contributed by atoms with E-state index < -0.39 is 22.7 Å². The lowest BCUT2D eigenvalue weighted by molar-refractivity contribution is -0.130. The highest BCUT2D eigenvalue weighted by molar-refractivity contribution is 6.39. The number of rotatable bonds is 6. The Labute approximate surface area is 261 Å². The predicted molar refractivity (Wildman–Crippen MR) is 173 cm³/mol. The van der Waals surface area contributed by atoms with Gasteiger partial charge in [-0.25, -0.2) is 4.90 Å². The number of carbonyl (C=O) groups excluding carboxylic acids is 3. The maximum absolute atomic E-state index is 15.8. The molecule has 2 aliphatic carbocycles. The number of hydrogen-bond acceptors (Lipinski definition) is 4. The Morgan fingerprint density at radius 2 is 0.889 bits per heavy atom. The zero-order valence-electron chi connectivity index (χ0n) is 24.6. The molecule has 0 aromatic heterocycles. The van der Waals surface area contributed by atoms with Crippen LogP contribution < -0.4 is 9.64 Å². The molecule has 8 rings (SSSR count). The van der Waals surface area contributed by atoms with Crippen molar-refractivity contribution in [2.24, 2.45) is 11.8 Å². The Morgan fingerprint density at radius 3 is 1.27 bits per heavy atom. The first-order valence-electron chi connectivity index (χ1n) is 15.1. The number of amides is 2. The Balaban J connectivity index is 1.53. The molecule has 1 heterocycles. The average Bonchev–Trinajstić information content (AvgIpc) is 3.62. The first-order valence-corrected chi connectivity index (χ1v) is 15.1. The van der Waals surface area contributed by atoms with Gasteiger partial charge in [0, 0.05) is 0 Å². The highest BCUT2D eigenvalue weighted by atomic mass is 16.5. The smallest absolute Gasteiger partial charge is 0.239 e. The minimum Gasteiger partial charge on any atom is -0.497 e. The van der Waals surface area contributed by atoms with Gasteiger partial charge in [-0.1, -0.05) is 121 Å². The highest BCUT2D eigenvalue weighted by Crippen LogP contribution is 2.74. The largest absolute Gasteiger partial charge is 0.497 e. The summed E-state index contributed by atoms with van der Waals surface area (Å²) in [6.45, 7) is 0. The number of anilines is 1. The van der Waals surface area contributed by atoms with Gasteiger partial charge in [0.1, 0.15) is 5.75 Å². The van der Waals surface area contributed by atoms with E-state index in [1.807, 2.05) is 121 Å². The number of Topliss-reactive ketones (excluding diaryl/α,β-unsaturated/α-hetero) is 1. The molecule has 1 aliphatic heterocycles. The molecule has 1 saturated carbocycles. The van der Waals surface area contributed by atoms with Crippen LogP contribution in [0, 0.1) is 11.8 Å². The van der Waals surface area contributed by atoms with Crippen molar-refractivity contribution in [3.8, 4) is 5.75 Å². The molecule has 0 N–H and O–H groups in total. The summed E-state index contributed by atoms with van der Waals surface area (Å²) in [5.41, 5.74) is 2.34. The fourth-order valence-corrected chi connectivity index (χ4v) is 8.32. The number of methoxy groups -OCH3 is 1. The third kappa shape index (κ3) is 3.41. The van der Waals surface area contributed by atoms with Crippen molar-refractivity contribution in [3.05, 3.63) is 168 Å². The summed E-state index contributed by atoms with van der Waals surface area (Å²) >= 11 is 0. The Morgan fingerprint density at radius 1 is 0.511 bits per heavy atom. The van der Waals surface area contributed by atoms with Crippen molar-refractivity contribution in [1.82, 2.24) is 0 Å². The van der Waals surface area contributed by atoms with E-state index in [1.54, 1.807) is 31.4 Å². The summed E-state index contributed by atoms with van der Waals surface area (Å²) in [7, 11) is 1.57. The van der Waals surface area contributed by atoms with Crippen LogP contribution in [-0.2, 0) is 25.2 Å². The lowest BCUT2D eigenvalue weighted by Gasteiger charge is -2.39. The van der Waals surface area contributed by atoms with Gasteiger partial charge in [-0.15, -0.1) is 0 Å². The normalized spacial score (nSPS) is 25.2. The quantitative estimate of drug-likeness (QED) is 0.203. The van der Waals surface area contributed by atoms with Gasteiger partial charge in [-0.3, -0.25) is 14.4 Å². The summed E-state index contributed by atoms with van der Waals surface area (Å²) < 4.78 is 5.35. The number of ether oxygens (including phenoxy) is 1. The van der Waals surface area contributed by atoms with E-state index in [9.17, 15) is 9.59 Å². The number of nitrogens with zero attached hydrogens (tertiary/aromatic N) is 1. The molecular formula is C40H29NO4. The number of ketones is 1. The van der Waals surface area contributed by atoms with Crippen LogP contribution in [0.5, 0.6) is 5.75 Å². The van der Waals surface area contributed by atoms with Crippen LogP contribution in [0.15, 0.2) is 146 Å². The molecule has 5 aromatic rings. The maximum atomic E-state index is 15.8. The highest BCUT2D eigenvalue weighted by Gasteiger charge is 2.82. The molecule has 218 valence electrons. The zero-order valence-corrected chi connectivity index (χ0v) is 24.6. The molecule has 2 fully saturated rings. The van der Waals surface area contributed by atoms with Crippen molar-refractivity contribution in [1.29, 1.82) is 0 Å². The summed E-state index contributed by atoms with van der Waals surface area (Å²) in [6.07, 6.45) is 0. The van der Waals surface area contributed by atoms with Crippen molar-refractivity contribution in [3.63, 3.8) is 0 Å². The number of imide groups is 1. The van der Waals surface area contributed by atoms with Crippen molar-refractivity contribution in [2.75, 3.05) is 12.0 Å². The van der Waals surface area contributed by atoms with Gasteiger partial charge < -0.3 is 4.74 Å². The molecule has 0 radical (unpaired) electrons. The second-order valence-corrected chi connectivity index (χ2v) is 11.8. The molecule has 4 atom stereocenters. The van der Waals surface area contributed by atoms with Crippen molar-refractivity contribution in [2.45, 2.75) is 10.8 Å². The Bertz CT molecular complexity index is 1870. The maximum Gasteiger partial charge on any atom is 0.239 e. The molecule has 5 heteroatoms. The van der Waals surface area contributed by atoms with Crippen molar-refractivity contribution >= 4 is 34.4 Å². The lowest BCUT2D eigenvalue weighted by atomic mass is 9.59. The minimum absolute atomic E-state index is 0.129. The van der Waals surface area contributed by atoms with Gasteiger partial charge in [-0.2, -0.15) is 0 Å². The fraction of sp³-hybridized carbons (Fsp3) is 0.125. The molecule has 0 unspecified atom stereocenters. The summed E-state index contributed by atoms with van der Waals surface area (Å²) in [5.74, 6) is -2.16. The monoisotopic (exact) mass is 587 g/mol. The third-order valence-corrected chi connectivity index (χ3v) is 9.91. The molecule has 1 saturated heterocycles.